The van der Waals surface area contributed by atoms with Crippen molar-refractivity contribution in [2.75, 3.05) is 19.3 Å². The van der Waals surface area contributed by atoms with E-state index >= 15 is 0 Å². The number of unbranched alkanes of at least 4 members (excludes halogenated alkanes) is 10. The number of rotatable bonds is 19. The van der Waals surface area contributed by atoms with Gasteiger partial charge in [-0.25, -0.2) is 8.42 Å². The highest BCUT2D eigenvalue weighted by molar-refractivity contribution is 7.91. The van der Waals surface area contributed by atoms with Crippen molar-refractivity contribution >= 4 is 9.84 Å². The third-order valence-electron chi connectivity index (χ3n) is 5.07. The molecule has 0 aliphatic rings. The van der Waals surface area contributed by atoms with E-state index in [1.807, 2.05) is 0 Å². The highest BCUT2D eigenvalue weighted by Gasteiger charge is 2.19. The van der Waals surface area contributed by atoms with Gasteiger partial charge in [-0.1, -0.05) is 84.5 Å². The van der Waals surface area contributed by atoms with Crippen LogP contribution in [0.25, 0.3) is 0 Å². The Morgan fingerprint density at radius 3 is 1.64 bits per heavy atom. The first kappa shape index (κ1) is 24.9. The lowest BCUT2D eigenvalue weighted by molar-refractivity contribution is 0.518. The van der Waals surface area contributed by atoms with Crippen molar-refractivity contribution in [2.24, 2.45) is 0 Å². The zero-order chi connectivity index (χ0) is 18.8. The van der Waals surface area contributed by atoms with E-state index in [9.17, 15) is 8.42 Å². The summed E-state index contributed by atoms with van der Waals surface area (Å²) in [6.07, 6.45) is 19.5. The predicted octanol–water partition coefficient (Wildman–Crippen LogP) is 5.88. The van der Waals surface area contributed by atoms with E-state index in [0.29, 0.717) is 0 Å². The van der Waals surface area contributed by atoms with Crippen LogP contribution in [0.2, 0.25) is 0 Å². The van der Waals surface area contributed by atoms with Gasteiger partial charge in [-0.2, -0.15) is 0 Å². The Morgan fingerprint density at radius 2 is 1.08 bits per heavy atom. The molecule has 0 spiro atoms. The van der Waals surface area contributed by atoms with Crippen LogP contribution in [-0.2, 0) is 9.84 Å². The summed E-state index contributed by atoms with van der Waals surface area (Å²) in [6, 6.07) is 0. The van der Waals surface area contributed by atoms with Crippen LogP contribution in [0, 0.1) is 0 Å². The summed E-state index contributed by atoms with van der Waals surface area (Å²) in [6.45, 7) is 6.48. The molecule has 0 aromatic heterocycles. The van der Waals surface area contributed by atoms with Gasteiger partial charge >= 0.3 is 0 Å². The van der Waals surface area contributed by atoms with Crippen LogP contribution in [0.5, 0.6) is 0 Å². The maximum atomic E-state index is 11.9. The van der Waals surface area contributed by atoms with Crippen molar-refractivity contribution in [3.05, 3.63) is 0 Å². The van der Waals surface area contributed by atoms with E-state index < -0.39 is 9.84 Å². The van der Waals surface area contributed by atoms with Gasteiger partial charge in [-0.15, -0.1) is 0 Å². The van der Waals surface area contributed by atoms with Crippen LogP contribution in [0.4, 0.5) is 0 Å². The molecule has 0 aromatic rings. The average molecular weight is 376 g/mol. The third kappa shape index (κ3) is 17.1. The lowest BCUT2D eigenvalue weighted by Gasteiger charge is -2.15. The first-order valence-corrected chi connectivity index (χ1v) is 12.9. The Balaban J connectivity index is 3.55. The molecule has 0 saturated heterocycles. The summed E-state index contributed by atoms with van der Waals surface area (Å²) in [4.78, 5) is 0. The van der Waals surface area contributed by atoms with Crippen molar-refractivity contribution in [2.45, 2.75) is 115 Å². The highest BCUT2D eigenvalue weighted by Crippen LogP contribution is 2.16. The quantitative estimate of drug-likeness (QED) is 0.287. The highest BCUT2D eigenvalue weighted by atomic mass is 32.2. The summed E-state index contributed by atoms with van der Waals surface area (Å²) < 4.78 is 23.8. The van der Waals surface area contributed by atoms with Gasteiger partial charge < -0.3 is 5.32 Å². The lowest BCUT2D eigenvalue weighted by Crippen LogP contribution is -2.23. The minimum atomic E-state index is -2.89. The molecule has 1 unspecified atom stereocenters. The molecule has 0 aromatic carbocycles. The summed E-state index contributed by atoms with van der Waals surface area (Å²) in [7, 11) is -2.89. The Hall–Kier alpha value is -0.0900. The Kier molecular flexibility index (Phi) is 17.3. The van der Waals surface area contributed by atoms with Crippen molar-refractivity contribution < 1.29 is 8.42 Å². The summed E-state index contributed by atoms with van der Waals surface area (Å²) in [5, 5.41) is 3.35. The maximum absolute atomic E-state index is 11.9. The molecular weight excluding hydrogens is 330 g/mol. The van der Waals surface area contributed by atoms with Crippen LogP contribution >= 0.6 is 0 Å². The molecule has 0 fully saturated rings. The molecule has 1 N–H and O–H groups in total. The lowest BCUT2D eigenvalue weighted by atomic mass is 10.1. The zero-order valence-corrected chi connectivity index (χ0v) is 18.1. The smallest absolute Gasteiger partial charge is 0.150 e. The Morgan fingerprint density at radius 1 is 0.640 bits per heavy atom. The van der Waals surface area contributed by atoms with Gasteiger partial charge in [-0.3, -0.25) is 0 Å². The molecule has 0 saturated carbocycles. The fraction of sp³-hybridized carbons (Fsp3) is 1.00. The van der Waals surface area contributed by atoms with E-state index in [2.05, 4.69) is 19.2 Å². The third-order valence-corrected chi connectivity index (χ3v) is 6.75. The van der Waals surface area contributed by atoms with Gasteiger partial charge in [0.05, 0.1) is 5.25 Å². The SMILES string of the molecule is CCCCCCCCCCNCCCC(CCCCCC)S(C)(=O)=O. The summed E-state index contributed by atoms with van der Waals surface area (Å²) >= 11 is 0. The first-order chi connectivity index (χ1) is 12.0. The monoisotopic (exact) mass is 375 g/mol. The molecule has 0 radical (unpaired) electrons. The first-order valence-electron chi connectivity index (χ1n) is 10.9. The minimum absolute atomic E-state index is 0.130. The molecule has 1 atom stereocenters. The van der Waals surface area contributed by atoms with E-state index in [1.54, 1.807) is 0 Å². The summed E-state index contributed by atoms with van der Waals surface area (Å²) in [5.74, 6) is 0. The molecule has 0 rings (SSSR count). The number of hydrogen-bond donors (Lipinski definition) is 1. The molecule has 0 amide bonds. The fourth-order valence-electron chi connectivity index (χ4n) is 3.33. The van der Waals surface area contributed by atoms with Gasteiger partial charge in [-0.05, 0) is 38.8 Å². The molecule has 4 heteroatoms. The van der Waals surface area contributed by atoms with E-state index in [4.69, 9.17) is 0 Å². The molecule has 152 valence electrons. The minimum Gasteiger partial charge on any atom is -0.317 e. The molecule has 3 nitrogen and oxygen atoms in total. The second-order valence-corrected chi connectivity index (χ2v) is 9.99. The van der Waals surface area contributed by atoms with Gasteiger partial charge in [0.2, 0.25) is 0 Å². The topological polar surface area (TPSA) is 46.2 Å². The second kappa shape index (κ2) is 17.3. The van der Waals surface area contributed by atoms with Gasteiger partial charge in [0.25, 0.3) is 0 Å². The van der Waals surface area contributed by atoms with Crippen molar-refractivity contribution in [3.63, 3.8) is 0 Å². The van der Waals surface area contributed by atoms with Crippen molar-refractivity contribution in [3.8, 4) is 0 Å². The second-order valence-electron chi connectivity index (χ2n) is 7.67. The predicted molar refractivity (Wildman–Crippen MR) is 112 cm³/mol. The maximum Gasteiger partial charge on any atom is 0.150 e. The molecule has 25 heavy (non-hydrogen) atoms. The molecule has 0 bridgehead atoms. The van der Waals surface area contributed by atoms with Crippen LogP contribution in [0.3, 0.4) is 0 Å². The number of nitrogens with one attached hydrogen (secondary N) is 1. The normalized spacial score (nSPS) is 13.2. The Labute approximate surface area is 158 Å². The van der Waals surface area contributed by atoms with E-state index in [0.717, 1.165) is 38.8 Å². The van der Waals surface area contributed by atoms with Crippen LogP contribution in [0.15, 0.2) is 0 Å². The average Bonchev–Trinajstić information content (AvgIpc) is 2.56. The largest absolute Gasteiger partial charge is 0.317 e. The Bertz CT molecular complexity index is 368. The van der Waals surface area contributed by atoms with Crippen molar-refractivity contribution in [1.29, 1.82) is 0 Å². The van der Waals surface area contributed by atoms with Gasteiger partial charge in [0.15, 0.2) is 0 Å². The molecular formula is C21H45NO2S. The molecule has 0 aliphatic heterocycles. The zero-order valence-electron chi connectivity index (χ0n) is 17.3. The van der Waals surface area contributed by atoms with E-state index in [-0.39, 0.29) is 5.25 Å². The molecule has 0 aliphatic carbocycles. The van der Waals surface area contributed by atoms with Crippen LogP contribution in [0.1, 0.15) is 110 Å². The van der Waals surface area contributed by atoms with Crippen LogP contribution in [-0.4, -0.2) is 33.0 Å². The molecule has 0 heterocycles. The van der Waals surface area contributed by atoms with Gasteiger partial charge in [0, 0.05) is 6.26 Å². The fourth-order valence-corrected chi connectivity index (χ4v) is 4.52. The van der Waals surface area contributed by atoms with Crippen LogP contribution < -0.4 is 5.32 Å². The van der Waals surface area contributed by atoms with Crippen molar-refractivity contribution in [1.82, 2.24) is 5.32 Å². The van der Waals surface area contributed by atoms with Gasteiger partial charge in [0.1, 0.15) is 9.84 Å². The standard InChI is InChI=1S/C21H45NO2S/c1-4-6-8-10-11-12-13-15-19-22-20-16-18-21(25(3,23)24)17-14-9-7-5-2/h21-22H,4-20H2,1-3H3. The number of hydrogen-bond acceptors (Lipinski definition) is 3. The number of sulfone groups is 1. The van der Waals surface area contributed by atoms with E-state index in [1.165, 1.54) is 76.9 Å². The summed E-state index contributed by atoms with van der Waals surface area (Å²) in [5.41, 5.74) is 0.